The smallest absolute Gasteiger partial charge is 0.287 e. The second kappa shape index (κ2) is 7.94. The molecule has 0 saturated carbocycles. The van der Waals surface area contributed by atoms with Gasteiger partial charge in [0.15, 0.2) is 5.82 Å². The highest BCUT2D eigenvalue weighted by atomic mass is 19.1. The SMILES string of the molecule is Cn1c(C(=O)NCc2cccc(F)c2)nc2c1CCN(Cc1ccccc1)C2. The molecule has 0 saturated heterocycles. The number of amides is 1. The van der Waals surface area contributed by atoms with Gasteiger partial charge >= 0.3 is 0 Å². The molecular weight excluding hydrogens is 355 g/mol. The van der Waals surface area contributed by atoms with Gasteiger partial charge in [-0.2, -0.15) is 0 Å². The average molecular weight is 378 g/mol. The van der Waals surface area contributed by atoms with Gasteiger partial charge < -0.3 is 9.88 Å². The Balaban J connectivity index is 1.43. The van der Waals surface area contributed by atoms with Gasteiger partial charge in [-0.25, -0.2) is 9.37 Å². The number of carbonyl (C=O) groups is 1. The zero-order valence-electron chi connectivity index (χ0n) is 15.9. The summed E-state index contributed by atoms with van der Waals surface area (Å²) in [6.45, 7) is 2.81. The maximum absolute atomic E-state index is 13.3. The number of nitrogens with zero attached hydrogens (tertiary/aromatic N) is 3. The van der Waals surface area contributed by atoms with Gasteiger partial charge in [0, 0.05) is 45.3 Å². The zero-order chi connectivity index (χ0) is 19.5. The van der Waals surface area contributed by atoms with Crippen LogP contribution in [-0.4, -0.2) is 26.9 Å². The van der Waals surface area contributed by atoms with E-state index < -0.39 is 0 Å². The number of rotatable bonds is 5. The van der Waals surface area contributed by atoms with Crippen LogP contribution in [0.5, 0.6) is 0 Å². The van der Waals surface area contributed by atoms with Gasteiger partial charge in [-0.05, 0) is 23.3 Å². The van der Waals surface area contributed by atoms with Crippen LogP contribution in [0.25, 0.3) is 0 Å². The standard InChI is InChI=1S/C22H23FN4O/c1-26-20-10-11-27(14-16-6-3-2-4-7-16)15-19(20)25-21(26)22(28)24-13-17-8-5-9-18(23)12-17/h2-9,12H,10-11,13-15H2,1H3,(H,24,28). The van der Waals surface area contributed by atoms with Crippen molar-refractivity contribution < 1.29 is 9.18 Å². The lowest BCUT2D eigenvalue weighted by atomic mass is 10.1. The molecule has 2 heterocycles. The summed E-state index contributed by atoms with van der Waals surface area (Å²) in [5, 5.41) is 2.84. The van der Waals surface area contributed by atoms with Crippen LogP contribution in [0.3, 0.4) is 0 Å². The molecule has 1 amide bonds. The van der Waals surface area contributed by atoms with Crippen molar-refractivity contribution in [2.45, 2.75) is 26.1 Å². The van der Waals surface area contributed by atoms with Gasteiger partial charge in [0.2, 0.25) is 0 Å². The molecule has 144 valence electrons. The average Bonchev–Trinajstić information content (AvgIpc) is 3.03. The molecule has 2 aromatic carbocycles. The van der Waals surface area contributed by atoms with E-state index in [9.17, 15) is 9.18 Å². The highest BCUT2D eigenvalue weighted by Gasteiger charge is 2.25. The normalized spacial score (nSPS) is 13.9. The first kappa shape index (κ1) is 18.4. The molecule has 6 heteroatoms. The van der Waals surface area contributed by atoms with E-state index in [4.69, 9.17) is 0 Å². The first-order valence-corrected chi connectivity index (χ1v) is 9.43. The van der Waals surface area contributed by atoms with Crippen molar-refractivity contribution in [2.24, 2.45) is 7.05 Å². The molecule has 28 heavy (non-hydrogen) atoms. The molecule has 0 atom stereocenters. The summed E-state index contributed by atoms with van der Waals surface area (Å²) in [6, 6.07) is 16.6. The minimum Gasteiger partial charge on any atom is -0.345 e. The van der Waals surface area contributed by atoms with Crippen LogP contribution in [-0.2, 0) is 33.1 Å². The molecule has 0 bridgehead atoms. The predicted octanol–water partition coefficient (Wildman–Crippen LogP) is 3.05. The Bertz CT molecular complexity index is 983. The number of hydrogen-bond donors (Lipinski definition) is 1. The topological polar surface area (TPSA) is 50.2 Å². The van der Waals surface area contributed by atoms with E-state index >= 15 is 0 Å². The van der Waals surface area contributed by atoms with Gasteiger partial charge in [-0.3, -0.25) is 9.69 Å². The van der Waals surface area contributed by atoms with Crippen LogP contribution in [0.2, 0.25) is 0 Å². The third-order valence-corrected chi connectivity index (χ3v) is 5.13. The Morgan fingerprint density at radius 1 is 1.14 bits per heavy atom. The van der Waals surface area contributed by atoms with E-state index in [1.165, 1.54) is 17.7 Å². The van der Waals surface area contributed by atoms with E-state index in [0.717, 1.165) is 43.0 Å². The number of carbonyl (C=O) groups excluding carboxylic acids is 1. The summed E-state index contributed by atoms with van der Waals surface area (Å²) < 4.78 is 15.2. The third-order valence-electron chi connectivity index (χ3n) is 5.13. The summed E-state index contributed by atoms with van der Waals surface area (Å²) >= 11 is 0. The molecular formula is C22H23FN4O. The van der Waals surface area contributed by atoms with Gasteiger partial charge in [0.25, 0.3) is 5.91 Å². The van der Waals surface area contributed by atoms with Crippen molar-refractivity contribution in [1.29, 1.82) is 0 Å². The summed E-state index contributed by atoms with van der Waals surface area (Å²) in [5.74, 6) is -0.142. The molecule has 5 nitrogen and oxygen atoms in total. The zero-order valence-corrected chi connectivity index (χ0v) is 15.9. The molecule has 0 radical (unpaired) electrons. The van der Waals surface area contributed by atoms with Crippen LogP contribution in [0.15, 0.2) is 54.6 Å². The fourth-order valence-corrected chi connectivity index (χ4v) is 3.67. The fourth-order valence-electron chi connectivity index (χ4n) is 3.67. The minimum absolute atomic E-state index is 0.240. The molecule has 1 N–H and O–H groups in total. The Kier molecular flexibility index (Phi) is 5.21. The van der Waals surface area contributed by atoms with Gasteiger partial charge in [-0.1, -0.05) is 42.5 Å². The summed E-state index contributed by atoms with van der Waals surface area (Å²) in [6.07, 6.45) is 0.864. The highest BCUT2D eigenvalue weighted by Crippen LogP contribution is 2.21. The molecule has 1 aliphatic heterocycles. The maximum atomic E-state index is 13.3. The fraction of sp³-hybridized carbons (Fsp3) is 0.273. The Hall–Kier alpha value is -2.99. The van der Waals surface area contributed by atoms with Gasteiger partial charge in [0.05, 0.1) is 5.69 Å². The summed E-state index contributed by atoms with van der Waals surface area (Å²) in [5.41, 5.74) is 4.07. The predicted molar refractivity (Wildman–Crippen MR) is 105 cm³/mol. The molecule has 3 aromatic rings. The minimum atomic E-state index is -0.308. The molecule has 0 fully saturated rings. The lowest BCUT2D eigenvalue weighted by Crippen LogP contribution is -2.30. The monoisotopic (exact) mass is 378 g/mol. The van der Waals surface area contributed by atoms with E-state index in [2.05, 4.69) is 27.3 Å². The van der Waals surface area contributed by atoms with Crippen LogP contribution in [0.1, 0.15) is 33.1 Å². The second-order valence-electron chi connectivity index (χ2n) is 7.15. The molecule has 0 unspecified atom stereocenters. The van der Waals surface area contributed by atoms with Crippen molar-refractivity contribution in [3.8, 4) is 0 Å². The van der Waals surface area contributed by atoms with Crippen molar-refractivity contribution in [3.63, 3.8) is 0 Å². The van der Waals surface area contributed by atoms with Gasteiger partial charge in [0.1, 0.15) is 5.82 Å². The molecule has 1 aliphatic rings. The van der Waals surface area contributed by atoms with Crippen molar-refractivity contribution in [2.75, 3.05) is 6.54 Å². The first-order chi connectivity index (χ1) is 13.6. The molecule has 1 aromatic heterocycles. The van der Waals surface area contributed by atoms with Crippen molar-refractivity contribution >= 4 is 5.91 Å². The number of aromatic nitrogens is 2. The van der Waals surface area contributed by atoms with Crippen LogP contribution >= 0.6 is 0 Å². The Morgan fingerprint density at radius 3 is 2.71 bits per heavy atom. The van der Waals surface area contributed by atoms with Crippen LogP contribution in [0, 0.1) is 5.82 Å². The highest BCUT2D eigenvalue weighted by molar-refractivity contribution is 5.91. The van der Waals surface area contributed by atoms with Crippen molar-refractivity contribution in [3.05, 3.63) is 88.8 Å². The molecule has 0 spiro atoms. The van der Waals surface area contributed by atoms with E-state index in [1.54, 1.807) is 12.1 Å². The van der Waals surface area contributed by atoms with E-state index in [1.807, 2.05) is 29.8 Å². The number of imidazole rings is 1. The van der Waals surface area contributed by atoms with Gasteiger partial charge in [-0.15, -0.1) is 0 Å². The second-order valence-corrected chi connectivity index (χ2v) is 7.15. The first-order valence-electron chi connectivity index (χ1n) is 9.43. The maximum Gasteiger partial charge on any atom is 0.287 e. The molecule has 4 rings (SSSR count). The van der Waals surface area contributed by atoms with Crippen LogP contribution < -0.4 is 5.32 Å². The number of fused-ring (bicyclic) bond motifs is 1. The summed E-state index contributed by atoms with van der Waals surface area (Å²) in [4.78, 5) is 19.6. The number of benzene rings is 2. The Labute approximate surface area is 163 Å². The summed E-state index contributed by atoms with van der Waals surface area (Å²) in [7, 11) is 1.88. The third kappa shape index (κ3) is 3.97. The number of hydrogen-bond acceptors (Lipinski definition) is 3. The van der Waals surface area contributed by atoms with E-state index in [0.29, 0.717) is 5.82 Å². The number of halogens is 1. The largest absolute Gasteiger partial charge is 0.345 e. The quantitative estimate of drug-likeness (QED) is 0.742. The molecule has 0 aliphatic carbocycles. The van der Waals surface area contributed by atoms with Crippen molar-refractivity contribution in [1.82, 2.24) is 19.8 Å². The van der Waals surface area contributed by atoms with Crippen LogP contribution in [0.4, 0.5) is 4.39 Å². The lowest BCUT2D eigenvalue weighted by molar-refractivity contribution is 0.0937. The Morgan fingerprint density at radius 2 is 1.93 bits per heavy atom. The number of nitrogens with one attached hydrogen (secondary N) is 1. The lowest BCUT2D eigenvalue weighted by Gasteiger charge is -2.26. The van der Waals surface area contributed by atoms with E-state index in [-0.39, 0.29) is 18.3 Å².